The summed E-state index contributed by atoms with van der Waals surface area (Å²) in [6.45, 7) is 4.07. The molecule has 14 heavy (non-hydrogen) atoms. The Morgan fingerprint density at radius 1 is 1.21 bits per heavy atom. The average Bonchev–Trinajstić information content (AvgIpc) is 2.43. The number of aromatic nitrogens is 3. The van der Waals surface area contributed by atoms with Crippen molar-refractivity contribution in [1.82, 2.24) is 14.8 Å². The first-order chi connectivity index (χ1) is 6.70. The van der Waals surface area contributed by atoms with Crippen molar-refractivity contribution in [3.05, 3.63) is 35.8 Å². The fourth-order valence-corrected chi connectivity index (χ4v) is 1.65. The largest absolute Gasteiger partial charge is 0.272 e. The molecule has 0 aliphatic heterocycles. The Morgan fingerprint density at radius 3 is 2.50 bits per heavy atom. The topological polar surface area (TPSA) is 30.7 Å². The summed E-state index contributed by atoms with van der Waals surface area (Å²) in [5, 5.41) is 4.36. The molecule has 0 amide bonds. The van der Waals surface area contributed by atoms with Crippen LogP contribution < -0.4 is 0 Å². The Morgan fingerprint density at radius 2 is 2.00 bits per heavy atom. The third-order valence-corrected chi connectivity index (χ3v) is 2.43. The maximum absolute atomic E-state index is 4.36. The first-order valence-electron chi connectivity index (χ1n) is 4.61. The van der Waals surface area contributed by atoms with Crippen LogP contribution >= 0.6 is 0 Å². The summed E-state index contributed by atoms with van der Waals surface area (Å²) in [7, 11) is 1.95. The van der Waals surface area contributed by atoms with Gasteiger partial charge in [-0.1, -0.05) is 6.07 Å². The summed E-state index contributed by atoms with van der Waals surface area (Å²) in [5.41, 5.74) is 4.33. The van der Waals surface area contributed by atoms with Crippen molar-refractivity contribution in [2.75, 3.05) is 0 Å². The highest BCUT2D eigenvalue weighted by Crippen LogP contribution is 2.23. The van der Waals surface area contributed by atoms with Gasteiger partial charge in [-0.2, -0.15) is 5.10 Å². The molecular formula is C11H13N3. The lowest BCUT2D eigenvalue weighted by molar-refractivity contribution is 0.731. The van der Waals surface area contributed by atoms with Gasteiger partial charge >= 0.3 is 0 Å². The fourth-order valence-electron chi connectivity index (χ4n) is 1.65. The van der Waals surface area contributed by atoms with Crippen molar-refractivity contribution >= 4 is 0 Å². The second-order valence-corrected chi connectivity index (χ2v) is 3.38. The van der Waals surface area contributed by atoms with Crippen LogP contribution in [0.3, 0.4) is 0 Å². The van der Waals surface area contributed by atoms with Crippen molar-refractivity contribution in [1.29, 1.82) is 0 Å². The van der Waals surface area contributed by atoms with Gasteiger partial charge in [0.2, 0.25) is 0 Å². The van der Waals surface area contributed by atoms with Crippen LogP contribution in [-0.4, -0.2) is 14.8 Å². The molecular weight excluding hydrogens is 174 g/mol. The Balaban J connectivity index is 2.62. The van der Waals surface area contributed by atoms with Crippen LogP contribution in [-0.2, 0) is 7.05 Å². The number of nitrogens with zero attached hydrogens (tertiary/aromatic N) is 3. The van der Waals surface area contributed by atoms with E-state index >= 15 is 0 Å². The lowest BCUT2D eigenvalue weighted by Crippen LogP contribution is -1.92. The minimum Gasteiger partial charge on any atom is -0.272 e. The fraction of sp³-hybridized carbons (Fsp3) is 0.273. The van der Waals surface area contributed by atoms with Crippen LogP contribution in [0, 0.1) is 13.8 Å². The lowest BCUT2D eigenvalue weighted by Gasteiger charge is -1.99. The van der Waals surface area contributed by atoms with Gasteiger partial charge in [0.1, 0.15) is 0 Å². The van der Waals surface area contributed by atoms with E-state index in [-0.39, 0.29) is 0 Å². The summed E-state index contributed by atoms with van der Waals surface area (Å²) >= 11 is 0. The molecule has 2 heterocycles. The third kappa shape index (κ3) is 1.31. The number of hydrogen-bond donors (Lipinski definition) is 0. The second-order valence-electron chi connectivity index (χ2n) is 3.38. The monoisotopic (exact) mass is 187 g/mol. The van der Waals surface area contributed by atoms with Crippen LogP contribution in [0.1, 0.15) is 11.4 Å². The number of hydrogen-bond acceptors (Lipinski definition) is 2. The van der Waals surface area contributed by atoms with E-state index in [4.69, 9.17) is 0 Å². The smallest absolute Gasteiger partial charge is 0.0738 e. The van der Waals surface area contributed by atoms with Crippen molar-refractivity contribution in [2.24, 2.45) is 7.05 Å². The highest BCUT2D eigenvalue weighted by atomic mass is 15.3. The van der Waals surface area contributed by atoms with Crippen LogP contribution in [0.5, 0.6) is 0 Å². The molecule has 0 aliphatic carbocycles. The average molecular weight is 187 g/mol. The van der Waals surface area contributed by atoms with Crippen molar-refractivity contribution < 1.29 is 0 Å². The van der Waals surface area contributed by atoms with E-state index in [1.54, 1.807) is 6.20 Å². The molecule has 3 heteroatoms. The molecule has 0 spiro atoms. The molecule has 0 aromatic carbocycles. The van der Waals surface area contributed by atoms with Gasteiger partial charge in [0.25, 0.3) is 0 Å². The zero-order valence-electron chi connectivity index (χ0n) is 8.65. The van der Waals surface area contributed by atoms with Gasteiger partial charge in [0, 0.05) is 24.5 Å². The Labute approximate surface area is 83.4 Å². The van der Waals surface area contributed by atoms with Gasteiger partial charge in [-0.05, 0) is 26.0 Å². The molecule has 2 aromatic rings. The maximum Gasteiger partial charge on any atom is 0.0738 e. The molecule has 0 unspecified atom stereocenters. The molecule has 0 N–H and O–H groups in total. The van der Waals surface area contributed by atoms with E-state index in [1.165, 1.54) is 0 Å². The molecule has 3 nitrogen and oxygen atoms in total. The first-order valence-corrected chi connectivity index (χ1v) is 4.61. The zero-order valence-corrected chi connectivity index (χ0v) is 8.65. The standard InChI is InChI=1S/C11H13N3/c1-8-11(9(2)14(3)13-8)10-6-4-5-7-12-10/h4-7H,1-3H3. The van der Waals surface area contributed by atoms with E-state index in [0.29, 0.717) is 0 Å². The normalized spacial score (nSPS) is 10.5. The lowest BCUT2D eigenvalue weighted by atomic mass is 10.1. The SMILES string of the molecule is Cc1nn(C)c(C)c1-c1ccccn1. The van der Waals surface area contributed by atoms with Gasteiger partial charge in [0.05, 0.1) is 11.4 Å². The summed E-state index contributed by atoms with van der Waals surface area (Å²) < 4.78 is 1.89. The summed E-state index contributed by atoms with van der Waals surface area (Å²) in [6, 6.07) is 5.93. The molecule has 0 saturated heterocycles. The van der Waals surface area contributed by atoms with Crippen LogP contribution in [0.4, 0.5) is 0 Å². The Bertz CT molecular complexity index is 443. The first kappa shape index (κ1) is 8.94. The number of aryl methyl sites for hydroxylation is 2. The third-order valence-electron chi connectivity index (χ3n) is 2.43. The highest BCUT2D eigenvalue weighted by Gasteiger charge is 2.11. The van der Waals surface area contributed by atoms with Gasteiger partial charge in [-0.15, -0.1) is 0 Å². The number of pyridine rings is 1. The quantitative estimate of drug-likeness (QED) is 0.684. The summed E-state index contributed by atoms with van der Waals surface area (Å²) in [6.07, 6.45) is 1.81. The molecule has 2 aromatic heterocycles. The minimum absolute atomic E-state index is 0.996. The van der Waals surface area contributed by atoms with Crippen molar-refractivity contribution in [3.63, 3.8) is 0 Å². The van der Waals surface area contributed by atoms with Crippen LogP contribution in [0.2, 0.25) is 0 Å². The predicted octanol–water partition coefficient (Wildman–Crippen LogP) is 2.10. The van der Waals surface area contributed by atoms with E-state index in [9.17, 15) is 0 Å². The zero-order chi connectivity index (χ0) is 10.1. The Kier molecular flexibility index (Phi) is 2.08. The predicted molar refractivity (Wildman–Crippen MR) is 55.9 cm³/mol. The van der Waals surface area contributed by atoms with Crippen molar-refractivity contribution in [3.8, 4) is 11.3 Å². The van der Waals surface area contributed by atoms with Gasteiger partial charge in [-0.3, -0.25) is 9.67 Å². The van der Waals surface area contributed by atoms with E-state index < -0.39 is 0 Å². The summed E-state index contributed by atoms with van der Waals surface area (Å²) in [5.74, 6) is 0. The molecule has 0 aliphatic rings. The van der Waals surface area contributed by atoms with Crippen LogP contribution in [0.25, 0.3) is 11.3 Å². The highest BCUT2D eigenvalue weighted by molar-refractivity contribution is 5.64. The molecule has 0 atom stereocenters. The van der Waals surface area contributed by atoms with Gasteiger partial charge < -0.3 is 0 Å². The van der Waals surface area contributed by atoms with E-state index in [0.717, 1.165) is 22.6 Å². The minimum atomic E-state index is 0.996. The molecule has 72 valence electrons. The van der Waals surface area contributed by atoms with Gasteiger partial charge in [-0.25, -0.2) is 0 Å². The van der Waals surface area contributed by atoms with E-state index in [1.807, 2.05) is 36.9 Å². The molecule has 0 bridgehead atoms. The maximum atomic E-state index is 4.36. The van der Waals surface area contributed by atoms with Crippen molar-refractivity contribution in [2.45, 2.75) is 13.8 Å². The molecule has 0 saturated carbocycles. The van der Waals surface area contributed by atoms with Gasteiger partial charge in [0.15, 0.2) is 0 Å². The molecule has 0 radical (unpaired) electrons. The second kappa shape index (κ2) is 3.25. The van der Waals surface area contributed by atoms with Crippen LogP contribution in [0.15, 0.2) is 24.4 Å². The number of rotatable bonds is 1. The molecule has 0 fully saturated rings. The van der Waals surface area contributed by atoms with E-state index in [2.05, 4.69) is 17.0 Å². The molecule has 2 rings (SSSR count). The Hall–Kier alpha value is -1.64. The summed E-state index contributed by atoms with van der Waals surface area (Å²) in [4.78, 5) is 4.33.